The van der Waals surface area contributed by atoms with Gasteiger partial charge in [0, 0.05) is 0 Å². The van der Waals surface area contributed by atoms with E-state index in [4.69, 9.17) is 5.11 Å². The molecule has 0 bridgehead atoms. The van der Waals surface area contributed by atoms with Crippen LogP contribution in [-0.2, 0) is 0 Å². The first-order chi connectivity index (χ1) is 6.06. The minimum atomic E-state index is -2.81. The van der Waals surface area contributed by atoms with Gasteiger partial charge < -0.3 is 5.11 Å². The number of alkyl halides is 2. The summed E-state index contributed by atoms with van der Waals surface area (Å²) >= 11 is 1.65. The quantitative estimate of drug-likeness (QED) is 0.517. The zero-order valence-electron chi connectivity index (χ0n) is 6.17. The number of carbonyl (C=O) groups is 1. The second kappa shape index (κ2) is 3.95. The maximum atomic E-state index is 12.2. The summed E-state index contributed by atoms with van der Waals surface area (Å²) in [5.74, 6) is -0.346. The smallest absolute Gasteiger partial charge is 0.266 e. The first kappa shape index (κ1) is 10.3. The van der Waals surface area contributed by atoms with Gasteiger partial charge in [-0.15, -0.1) is 0 Å². The summed E-state index contributed by atoms with van der Waals surface area (Å²) in [6.07, 6.45) is -2.57. The molecule has 1 rings (SSSR count). The van der Waals surface area contributed by atoms with Crippen molar-refractivity contribution >= 4 is 28.9 Å². The summed E-state index contributed by atoms with van der Waals surface area (Å²) in [5.41, 5.74) is -0.884. The summed E-state index contributed by atoms with van der Waals surface area (Å²) < 4.78 is 24.6. The van der Waals surface area contributed by atoms with Crippen molar-refractivity contribution in [3.05, 3.63) is 21.0 Å². The van der Waals surface area contributed by atoms with Crippen molar-refractivity contribution in [2.75, 3.05) is 0 Å². The molecule has 0 saturated heterocycles. The summed E-state index contributed by atoms with van der Waals surface area (Å²) in [4.78, 5) is 13.8. The maximum Gasteiger partial charge on any atom is 0.266 e. The zero-order valence-corrected chi connectivity index (χ0v) is 8.33. The Hall–Kier alpha value is -0.790. The van der Waals surface area contributed by atoms with Crippen LogP contribution in [0.25, 0.3) is 0 Å². The number of halogens is 3. The van der Waals surface area contributed by atoms with Gasteiger partial charge in [0.1, 0.15) is 15.1 Å². The molecule has 0 aliphatic carbocycles. The highest BCUT2D eigenvalue weighted by Crippen LogP contribution is 2.27. The molecule has 0 atom stereocenters. The van der Waals surface area contributed by atoms with Crippen LogP contribution in [0, 0.1) is 3.70 Å². The van der Waals surface area contributed by atoms with E-state index in [0.717, 1.165) is 6.07 Å². The Labute approximate surface area is 85.9 Å². The largest absolute Gasteiger partial charge is 0.505 e. The highest BCUT2D eigenvalue weighted by molar-refractivity contribution is 14.1. The molecule has 0 fully saturated rings. The number of aldehydes is 1. The van der Waals surface area contributed by atoms with Crippen molar-refractivity contribution in [3.8, 4) is 5.75 Å². The van der Waals surface area contributed by atoms with Gasteiger partial charge in [0.2, 0.25) is 0 Å². The number of carbonyl (C=O) groups excluding carboxylic acids is 1. The maximum absolute atomic E-state index is 12.2. The molecule has 0 spiro atoms. The molecule has 0 saturated carbocycles. The summed E-state index contributed by atoms with van der Waals surface area (Å²) in [5, 5.41) is 9.05. The van der Waals surface area contributed by atoms with Crippen molar-refractivity contribution in [2.45, 2.75) is 6.43 Å². The zero-order chi connectivity index (χ0) is 10.0. The fourth-order valence-corrected chi connectivity index (χ4v) is 1.19. The second-order valence-electron chi connectivity index (χ2n) is 2.19. The number of rotatable bonds is 2. The fraction of sp³-hybridized carbons (Fsp3) is 0.143. The average Bonchev–Trinajstić information content (AvgIpc) is 2.08. The lowest BCUT2D eigenvalue weighted by molar-refractivity contribution is 0.110. The standard InChI is InChI=1S/C7H4F2INO2/c8-6(9)3-1-5(13)7(10)11-4(3)2-12/h1-2,6,13H. The molecule has 0 aliphatic rings. The van der Waals surface area contributed by atoms with Gasteiger partial charge in [-0.2, -0.15) is 0 Å². The average molecular weight is 299 g/mol. The van der Waals surface area contributed by atoms with E-state index in [-0.39, 0.29) is 21.4 Å². The van der Waals surface area contributed by atoms with Gasteiger partial charge in [-0.25, -0.2) is 13.8 Å². The lowest BCUT2D eigenvalue weighted by Crippen LogP contribution is -1.99. The van der Waals surface area contributed by atoms with Crippen LogP contribution in [0.5, 0.6) is 5.75 Å². The van der Waals surface area contributed by atoms with E-state index in [0.29, 0.717) is 0 Å². The molecule has 3 nitrogen and oxygen atoms in total. The second-order valence-corrected chi connectivity index (χ2v) is 3.21. The number of hydrogen-bond donors (Lipinski definition) is 1. The van der Waals surface area contributed by atoms with Gasteiger partial charge in [-0.1, -0.05) is 0 Å². The Bertz CT molecular complexity index is 344. The van der Waals surface area contributed by atoms with Crippen molar-refractivity contribution in [3.63, 3.8) is 0 Å². The molecule has 1 aromatic rings. The van der Waals surface area contributed by atoms with Gasteiger partial charge in [0.05, 0.1) is 5.56 Å². The van der Waals surface area contributed by atoms with E-state index < -0.39 is 12.0 Å². The van der Waals surface area contributed by atoms with Gasteiger partial charge in [0.15, 0.2) is 6.29 Å². The molecule has 1 aromatic heterocycles. The molecule has 0 aromatic carbocycles. The van der Waals surface area contributed by atoms with Crippen molar-refractivity contribution in [2.24, 2.45) is 0 Å². The number of nitrogens with zero attached hydrogens (tertiary/aromatic N) is 1. The van der Waals surface area contributed by atoms with Crippen LogP contribution >= 0.6 is 22.6 Å². The van der Waals surface area contributed by atoms with E-state index >= 15 is 0 Å². The highest BCUT2D eigenvalue weighted by Gasteiger charge is 2.16. The van der Waals surface area contributed by atoms with E-state index in [1.165, 1.54) is 0 Å². The first-order valence-corrected chi connectivity index (χ1v) is 4.27. The highest BCUT2D eigenvalue weighted by atomic mass is 127. The van der Waals surface area contributed by atoms with Crippen LogP contribution in [0.1, 0.15) is 22.5 Å². The van der Waals surface area contributed by atoms with E-state index in [9.17, 15) is 13.6 Å². The van der Waals surface area contributed by atoms with E-state index in [1.54, 1.807) is 22.6 Å². The fourth-order valence-electron chi connectivity index (χ4n) is 0.778. The predicted molar refractivity (Wildman–Crippen MR) is 49.0 cm³/mol. The summed E-state index contributed by atoms with van der Waals surface area (Å²) in [7, 11) is 0. The Morgan fingerprint density at radius 2 is 2.23 bits per heavy atom. The minimum absolute atomic E-state index is 0.129. The SMILES string of the molecule is O=Cc1nc(I)c(O)cc1C(F)F. The van der Waals surface area contributed by atoms with Crippen LogP contribution in [0.15, 0.2) is 6.07 Å². The van der Waals surface area contributed by atoms with Crippen LogP contribution in [-0.4, -0.2) is 16.4 Å². The van der Waals surface area contributed by atoms with Crippen molar-refractivity contribution in [1.29, 1.82) is 0 Å². The van der Waals surface area contributed by atoms with Gasteiger partial charge in [0.25, 0.3) is 6.43 Å². The molecule has 1 heterocycles. The molecule has 0 unspecified atom stereocenters. The molecule has 6 heteroatoms. The minimum Gasteiger partial charge on any atom is -0.505 e. The first-order valence-electron chi connectivity index (χ1n) is 3.19. The molecular weight excluding hydrogens is 295 g/mol. The Morgan fingerprint density at radius 1 is 1.62 bits per heavy atom. The Morgan fingerprint density at radius 3 is 2.69 bits per heavy atom. The lowest BCUT2D eigenvalue weighted by Gasteiger charge is -2.04. The van der Waals surface area contributed by atoms with Crippen LogP contribution in [0.3, 0.4) is 0 Å². The molecule has 13 heavy (non-hydrogen) atoms. The van der Waals surface area contributed by atoms with E-state index in [1.807, 2.05) is 0 Å². The molecule has 70 valence electrons. The molecular formula is C7H4F2INO2. The third kappa shape index (κ3) is 2.11. The predicted octanol–water partition coefficient (Wildman–Crippen LogP) is 2.14. The number of aromatic nitrogens is 1. The van der Waals surface area contributed by atoms with Crippen molar-refractivity contribution < 1.29 is 18.7 Å². The van der Waals surface area contributed by atoms with Crippen LogP contribution < -0.4 is 0 Å². The molecule has 0 radical (unpaired) electrons. The van der Waals surface area contributed by atoms with E-state index in [2.05, 4.69) is 4.98 Å². The Kier molecular flexibility index (Phi) is 3.12. The number of pyridine rings is 1. The normalized spacial score (nSPS) is 10.5. The van der Waals surface area contributed by atoms with Crippen LogP contribution in [0.2, 0.25) is 0 Å². The Balaban J connectivity index is 3.32. The molecule has 0 amide bonds. The van der Waals surface area contributed by atoms with Gasteiger partial charge >= 0.3 is 0 Å². The lowest BCUT2D eigenvalue weighted by atomic mass is 10.2. The molecule has 1 N–H and O–H groups in total. The topological polar surface area (TPSA) is 50.2 Å². The third-order valence-electron chi connectivity index (χ3n) is 1.36. The van der Waals surface area contributed by atoms with Gasteiger partial charge in [-0.3, -0.25) is 4.79 Å². The number of hydrogen-bond acceptors (Lipinski definition) is 3. The third-order valence-corrected chi connectivity index (χ3v) is 2.16. The van der Waals surface area contributed by atoms with Crippen LogP contribution in [0.4, 0.5) is 8.78 Å². The van der Waals surface area contributed by atoms with Crippen molar-refractivity contribution in [1.82, 2.24) is 4.98 Å². The number of aromatic hydroxyl groups is 1. The molecule has 0 aliphatic heterocycles. The van der Waals surface area contributed by atoms with Gasteiger partial charge in [-0.05, 0) is 28.7 Å². The summed E-state index contributed by atoms with van der Waals surface area (Å²) in [6, 6.07) is 0.850. The summed E-state index contributed by atoms with van der Waals surface area (Å²) in [6.45, 7) is 0. The monoisotopic (exact) mass is 299 g/mol.